The second-order valence-electron chi connectivity index (χ2n) is 5.93. The Hall–Kier alpha value is -2.95. The van der Waals surface area contributed by atoms with Gasteiger partial charge >= 0.3 is 0 Å². The molecule has 0 bridgehead atoms. The summed E-state index contributed by atoms with van der Waals surface area (Å²) in [4.78, 5) is 16.8. The number of halogens is 1. The lowest BCUT2D eigenvalue weighted by Crippen LogP contribution is -2.31. The van der Waals surface area contributed by atoms with Gasteiger partial charge in [0.2, 0.25) is 5.91 Å². The molecule has 2 aromatic carbocycles. The summed E-state index contributed by atoms with van der Waals surface area (Å²) < 4.78 is 15.1. The molecule has 0 aliphatic carbocycles. The molecule has 3 aromatic rings. The Morgan fingerprint density at radius 3 is 2.52 bits per heavy atom. The number of aryl methyl sites for hydroxylation is 2. The molecule has 0 radical (unpaired) electrons. The van der Waals surface area contributed by atoms with Gasteiger partial charge in [0, 0.05) is 25.9 Å². The van der Waals surface area contributed by atoms with Crippen molar-refractivity contribution in [2.45, 2.75) is 18.9 Å². The van der Waals surface area contributed by atoms with Crippen molar-refractivity contribution < 1.29 is 9.18 Å². The second-order valence-corrected chi connectivity index (χ2v) is 5.93. The Labute approximate surface area is 146 Å². The molecule has 0 fully saturated rings. The number of hydrogen-bond donors (Lipinski definition) is 1. The molecule has 3 rings (SSSR count). The zero-order chi connectivity index (χ0) is 17.6. The van der Waals surface area contributed by atoms with Crippen molar-refractivity contribution in [3.05, 3.63) is 89.8 Å². The highest BCUT2D eigenvalue weighted by Crippen LogP contribution is 2.21. The van der Waals surface area contributed by atoms with E-state index in [2.05, 4.69) is 10.3 Å². The van der Waals surface area contributed by atoms with Gasteiger partial charge in [-0.1, -0.05) is 42.5 Å². The van der Waals surface area contributed by atoms with Crippen molar-refractivity contribution in [3.8, 4) is 0 Å². The highest BCUT2D eigenvalue weighted by Gasteiger charge is 2.20. The third kappa shape index (κ3) is 4.32. The lowest BCUT2D eigenvalue weighted by Gasteiger charge is -2.19. The summed E-state index contributed by atoms with van der Waals surface area (Å²) >= 11 is 0. The fraction of sp³-hybridized carbons (Fsp3) is 0.200. The highest BCUT2D eigenvalue weighted by atomic mass is 19.1. The van der Waals surface area contributed by atoms with E-state index in [0.29, 0.717) is 18.7 Å². The van der Waals surface area contributed by atoms with Gasteiger partial charge in [0.25, 0.3) is 0 Å². The second kappa shape index (κ2) is 7.75. The van der Waals surface area contributed by atoms with Crippen molar-refractivity contribution >= 4 is 5.91 Å². The maximum Gasteiger partial charge on any atom is 0.221 e. The van der Waals surface area contributed by atoms with E-state index in [4.69, 9.17) is 0 Å². The van der Waals surface area contributed by atoms with E-state index in [1.165, 1.54) is 12.1 Å². The Balaban J connectivity index is 1.74. The first-order valence-electron chi connectivity index (χ1n) is 8.19. The van der Waals surface area contributed by atoms with Crippen LogP contribution in [0.3, 0.4) is 0 Å². The number of nitrogens with zero attached hydrogens (tertiary/aromatic N) is 2. The van der Waals surface area contributed by atoms with Crippen molar-refractivity contribution in [2.24, 2.45) is 7.05 Å². The van der Waals surface area contributed by atoms with Crippen LogP contribution in [-0.4, -0.2) is 15.5 Å². The van der Waals surface area contributed by atoms with Gasteiger partial charge in [-0.05, 0) is 29.7 Å². The first kappa shape index (κ1) is 16.9. The van der Waals surface area contributed by atoms with E-state index < -0.39 is 6.04 Å². The largest absolute Gasteiger partial charge is 0.342 e. The smallest absolute Gasteiger partial charge is 0.221 e. The molecule has 1 N–H and O–H groups in total. The Kier molecular flexibility index (Phi) is 5.23. The van der Waals surface area contributed by atoms with Crippen LogP contribution in [0.15, 0.2) is 67.0 Å². The van der Waals surface area contributed by atoms with Crippen LogP contribution in [0.4, 0.5) is 4.39 Å². The third-order valence-electron chi connectivity index (χ3n) is 4.11. The molecule has 0 aliphatic rings. The van der Waals surface area contributed by atoms with Crippen molar-refractivity contribution in [1.82, 2.24) is 14.9 Å². The molecule has 5 heteroatoms. The lowest BCUT2D eigenvalue weighted by atomic mass is 10.0. The molecule has 0 saturated carbocycles. The van der Waals surface area contributed by atoms with Crippen LogP contribution >= 0.6 is 0 Å². The molecule has 0 spiro atoms. The first-order chi connectivity index (χ1) is 12.1. The number of aromatic nitrogens is 2. The van der Waals surface area contributed by atoms with Crippen LogP contribution in [0.5, 0.6) is 0 Å². The van der Waals surface area contributed by atoms with Gasteiger partial charge in [-0.25, -0.2) is 9.37 Å². The van der Waals surface area contributed by atoms with Crippen LogP contribution < -0.4 is 5.32 Å². The fourth-order valence-corrected chi connectivity index (χ4v) is 2.74. The van der Waals surface area contributed by atoms with E-state index in [9.17, 15) is 9.18 Å². The van der Waals surface area contributed by atoms with Crippen molar-refractivity contribution in [1.29, 1.82) is 0 Å². The topological polar surface area (TPSA) is 46.9 Å². The van der Waals surface area contributed by atoms with Crippen molar-refractivity contribution in [2.75, 3.05) is 0 Å². The Bertz CT molecular complexity index is 828. The number of nitrogens with one attached hydrogen (secondary N) is 1. The summed E-state index contributed by atoms with van der Waals surface area (Å²) in [5.41, 5.74) is 1.91. The summed E-state index contributed by atoms with van der Waals surface area (Å²) in [6.07, 6.45) is 4.56. The van der Waals surface area contributed by atoms with Crippen LogP contribution in [0.25, 0.3) is 0 Å². The van der Waals surface area contributed by atoms with Gasteiger partial charge in [0.05, 0.1) is 0 Å². The molecular formula is C20H20FN3O. The molecular weight excluding hydrogens is 317 g/mol. The number of hydrogen-bond acceptors (Lipinski definition) is 2. The van der Waals surface area contributed by atoms with Crippen LogP contribution in [-0.2, 0) is 18.3 Å². The molecule has 25 heavy (non-hydrogen) atoms. The summed E-state index contributed by atoms with van der Waals surface area (Å²) in [5.74, 6) is 0.332. The van der Waals surface area contributed by atoms with Gasteiger partial charge in [0.1, 0.15) is 17.7 Å². The SMILES string of the molecule is Cn1ccnc1[C@@H](NC(=O)CCc1ccccc1)c1ccc(F)cc1. The molecule has 1 aromatic heterocycles. The van der Waals surface area contributed by atoms with Gasteiger partial charge in [0.15, 0.2) is 0 Å². The predicted octanol–water partition coefficient (Wildman–Crippen LogP) is 3.40. The molecule has 4 nitrogen and oxygen atoms in total. The zero-order valence-corrected chi connectivity index (χ0v) is 14.0. The van der Waals surface area contributed by atoms with Crippen molar-refractivity contribution in [3.63, 3.8) is 0 Å². The lowest BCUT2D eigenvalue weighted by molar-refractivity contribution is -0.121. The molecule has 1 atom stereocenters. The van der Waals surface area contributed by atoms with E-state index in [1.54, 1.807) is 18.3 Å². The number of imidazole rings is 1. The summed E-state index contributed by atoms with van der Waals surface area (Å²) in [7, 11) is 1.87. The van der Waals surface area contributed by atoms with Crippen LogP contribution in [0, 0.1) is 5.82 Å². The Morgan fingerprint density at radius 2 is 1.88 bits per heavy atom. The van der Waals surface area contributed by atoms with Crippen LogP contribution in [0.1, 0.15) is 29.4 Å². The zero-order valence-electron chi connectivity index (χ0n) is 14.0. The molecule has 0 aliphatic heterocycles. The maximum atomic E-state index is 13.2. The number of amides is 1. The van der Waals surface area contributed by atoms with E-state index in [1.807, 2.05) is 48.1 Å². The number of carbonyl (C=O) groups excluding carboxylic acids is 1. The average molecular weight is 337 g/mol. The summed E-state index contributed by atoms with van der Waals surface area (Å²) in [6.45, 7) is 0. The minimum absolute atomic E-state index is 0.0684. The predicted molar refractivity (Wildman–Crippen MR) is 94.4 cm³/mol. The van der Waals surface area contributed by atoms with Gasteiger partial charge in [-0.3, -0.25) is 4.79 Å². The number of rotatable bonds is 6. The van der Waals surface area contributed by atoms with E-state index in [-0.39, 0.29) is 11.7 Å². The van der Waals surface area contributed by atoms with Crippen LogP contribution in [0.2, 0.25) is 0 Å². The monoisotopic (exact) mass is 337 g/mol. The van der Waals surface area contributed by atoms with E-state index >= 15 is 0 Å². The minimum atomic E-state index is -0.413. The minimum Gasteiger partial charge on any atom is -0.342 e. The molecule has 1 heterocycles. The fourth-order valence-electron chi connectivity index (χ4n) is 2.74. The summed E-state index contributed by atoms with van der Waals surface area (Å²) in [6, 6.07) is 15.6. The highest BCUT2D eigenvalue weighted by molar-refractivity contribution is 5.77. The van der Waals surface area contributed by atoms with Gasteiger partial charge < -0.3 is 9.88 Å². The van der Waals surface area contributed by atoms with E-state index in [0.717, 1.165) is 11.1 Å². The average Bonchev–Trinajstić information content (AvgIpc) is 3.05. The standard InChI is InChI=1S/C20H20FN3O/c1-24-14-13-22-20(24)19(16-8-10-17(21)11-9-16)23-18(25)12-7-15-5-3-2-4-6-15/h2-6,8-11,13-14,19H,7,12H2,1H3,(H,23,25)/t19-/m0/s1. The maximum absolute atomic E-state index is 13.2. The third-order valence-corrected chi connectivity index (χ3v) is 4.11. The Morgan fingerprint density at radius 1 is 1.16 bits per heavy atom. The van der Waals surface area contributed by atoms with Gasteiger partial charge in [-0.15, -0.1) is 0 Å². The van der Waals surface area contributed by atoms with Gasteiger partial charge in [-0.2, -0.15) is 0 Å². The molecule has 128 valence electrons. The summed E-state index contributed by atoms with van der Waals surface area (Å²) in [5, 5.41) is 3.02. The number of carbonyl (C=O) groups is 1. The normalized spacial score (nSPS) is 11.9. The molecule has 1 amide bonds. The molecule has 0 unspecified atom stereocenters. The quantitative estimate of drug-likeness (QED) is 0.749. The molecule has 0 saturated heterocycles. The number of benzene rings is 2. The first-order valence-corrected chi connectivity index (χ1v) is 8.19.